The van der Waals surface area contributed by atoms with Crippen molar-refractivity contribution in [3.63, 3.8) is 0 Å². The second-order valence-electron chi connectivity index (χ2n) is 6.99. The van der Waals surface area contributed by atoms with Crippen molar-refractivity contribution in [2.75, 3.05) is 19.6 Å². The minimum atomic E-state index is -0.0683. The molecule has 1 aliphatic heterocycles. The van der Waals surface area contributed by atoms with E-state index >= 15 is 0 Å². The van der Waals surface area contributed by atoms with E-state index in [-0.39, 0.29) is 17.9 Å². The molecule has 1 aliphatic rings. The summed E-state index contributed by atoms with van der Waals surface area (Å²) in [6, 6.07) is 17.9. The molecule has 142 valence electrons. The van der Waals surface area contributed by atoms with E-state index in [1.807, 2.05) is 30.3 Å². The van der Waals surface area contributed by atoms with Crippen LogP contribution in [0.15, 0.2) is 54.6 Å². The van der Waals surface area contributed by atoms with Gasteiger partial charge in [0.05, 0.1) is 6.04 Å². The number of amides is 2. The Kier molecular flexibility index (Phi) is 6.60. The van der Waals surface area contributed by atoms with Crippen molar-refractivity contribution < 1.29 is 9.59 Å². The molecule has 2 amide bonds. The molecular weight excluding hydrogens is 338 g/mol. The van der Waals surface area contributed by atoms with Crippen LogP contribution in [0, 0.1) is 0 Å². The second kappa shape index (κ2) is 9.33. The van der Waals surface area contributed by atoms with Crippen LogP contribution in [0.4, 0.5) is 0 Å². The summed E-state index contributed by atoms with van der Waals surface area (Å²) in [6.45, 7) is 4.71. The molecule has 5 nitrogen and oxygen atoms in total. The van der Waals surface area contributed by atoms with Crippen molar-refractivity contribution in [3.8, 4) is 0 Å². The van der Waals surface area contributed by atoms with Crippen LogP contribution in [0.2, 0.25) is 0 Å². The van der Waals surface area contributed by atoms with Crippen LogP contribution in [0.3, 0.4) is 0 Å². The highest BCUT2D eigenvalue weighted by Gasteiger charge is 2.23. The fraction of sp³-hybridized carbons (Fsp3) is 0.364. The molecule has 0 aliphatic carbocycles. The van der Waals surface area contributed by atoms with Gasteiger partial charge in [0.15, 0.2) is 0 Å². The number of carbonyl (C=O) groups excluding carboxylic acids is 2. The Morgan fingerprint density at radius 1 is 0.963 bits per heavy atom. The summed E-state index contributed by atoms with van der Waals surface area (Å²) in [5, 5.41) is 5.85. The van der Waals surface area contributed by atoms with Gasteiger partial charge in [-0.05, 0) is 49.2 Å². The Morgan fingerprint density at radius 2 is 1.63 bits per heavy atom. The molecule has 0 aromatic heterocycles. The zero-order valence-electron chi connectivity index (χ0n) is 15.8. The van der Waals surface area contributed by atoms with Gasteiger partial charge in [0.25, 0.3) is 5.91 Å². The van der Waals surface area contributed by atoms with Crippen LogP contribution in [-0.4, -0.2) is 36.3 Å². The quantitative estimate of drug-likeness (QED) is 0.793. The molecular formula is C22H27N3O2. The number of hydrogen-bond donors (Lipinski definition) is 2. The number of benzene rings is 2. The topological polar surface area (TPSA) is 61.4 Å². The number of carbonyl (C=O) groups is 2. The lowest BCUT2D eigenvalue weighted by molar-refractivity contribution is -0.119. The summed E-state index contributed by atoms with van der Waals surface area (Å²) in [5.74, 6) is -0.133. The molecule has 5 heteroatoms. The van der Waals surface area contributed by atoms with Gasteiger partial charge in [-0.3, -0.25) is 14.5 Å². The first-order valence-electron chi connectivity index (χ1n) is 9.54. The zero-order valence-corrected chi connectivity index (χ0v) is 15.8. The second-order valence-corrected chi connectivity index (χ2v) is 6.99. The van der Waals surface area contributed by atoms with Gasteiger partial charge in [-0.2, -0.15) is 0 Å². The normalized spacial score (nSPS) is 15.3. The molecule has 1 atom stereocenters. The summed E-state index contributed by atoms with van der Waals surface area (Å²) in [7, 11) is 0. The molecule has 3 rings (SSSR count). The molecule has 0 unspecified atom stereocenters. The lowest BCUT2D eigenvalue weighted by Crippen LogP contribution is -2.36. The average molecular weight is 365 g/mol. The lowest BCUT2D eigenvalue weighted by Gasteiger charge is -2.28. The fourth-order valence-electron chi connectivity index (χ4n) is 3.48. The minimum absolute atomic E-state index is 0.0642. The van der Waals surface area contributed by atoms with E-state index in [9.17, 15) is 9.59 Å². The summed E-state index contributed by atoms with van der Waals surface area (Å²) >= 11 is 0. The number of rotatable bonds is 7. The maximum Gasteiger partial charge on any atom is 0.251 e. The molecule has 0 radical (unpaired) electrons. The lowest BCUT2D eigenvalue weighted by atomic mass is 10.1. The first-order valence-corrected chi connectivity index (χ1v) is 9.54. The van der Waals surface area contributed by atoms with Crippen molar-refractivity contribution in [3.05, 3.63) is 71.3 Å². The third kappa shape index (κ3) is 5.41. The maximum absolute atomic E-state index is 12.6. The maximum atomic E-state index is 12.6. The van der Waals surface area contributed by atoms with Gasteiger partial charge in [-0.1, -0.05) is 42.5 Å². The Balaban J connectivity index is 1.61. The van der Waals surface area contributed by atoms with Gasteiger partial charge in [0.2, 0.25) is 5.91 Å². The Hall–Kier alpha value is -2.66. The van der Waals surface area contributed by atoms with Crippen LogP contribution < -0.4 is 10.6 Å². The predicted octanol–water partition coefficient (Wildman–Crippen LogP) is 2.89. The van der Waals surface area contributed by atoms with Gasteiger partial charge >= 0.3 is 0 Å². The van der Waals surface area contributed by atoms with Crippen LogP contribution in [0.5, 0.6) is 0 Å². The molecule has 0 spiro atoms. The number of hydrogen-bond acceptors (Lipinski definition) is 3. The summed E-state index contributed by atoms with van der Waals surface area (Å²) < 4.78 is 0. The van der Waals surface area contributed by atoms with Crippen LogP contribution >= 0.6 is 0 Å². The van der Waals surface area contributed by atoms with Crippen LogP contribution in [-0.2, 0) is 11.3 Å². The first kappa shape index (κ1) is 19.1. The van der Waals surface area contributed by atoms with Crippen LogP contribution in [0.25, 0.3) is 0 Å². The smallest absolute Gasteiger partial charge is 0.251 e. The Labute approximate surface area is 160 Å². The molecule has 27 heavy (non-hydrogen) atoms. The van der Waals surface area contributed by atoms with E-state index in [0.29, 0.717) is 18.7 Å². The van der Waals surface area contributed by atoms with E-state index in [2.05, 4.69) is 27.7 Å². The van der Waals surface area contributed by atoms with E-state index < -0.39 is 0 Å². The van der Waals surface area contributed by atoms with Gasteiger partial charge in [-0.25, -0.2) is 0 Å². The van der Waals surface area contributed by atoms with E-state index in [4.69, 9.17) is 0 Å². The highest BCUT2D eigenvalue weighted by Crippen LogP contribution is 2.24. The van der Waals surface area contributed by atoms with Crippen molar-refractivity contribution in [2.45, 2.75) is 32.4 Å². The van der Waals surface area contributed by atoms with Crippen molar-refractivity contribution in [1.82, 2.24) is 15.5 Å². The molecule has 0 bridgehead atoms. The summed E-state index contributed by atoms with van der Waals surface area (Å²) in [6.07, 6.45) is 2.43. The van der Waals surface area contributed by atoms with E-state index in [1.54, 1.807) is 12.1 Å². The number of likely N-dealkylation sites (tertiary alicyclic amines) is 1. The van der Waals surface area contributed by atoms with Gasteiger partial charge in [-0.15, -0.1) is 0 Å². The standard InChI is InChI=1S/C22H27N3O2/c1-17(26)23-15-18-9-11-20(12-10-18)22(27)24-16-21(25-13-5-6-14-25)19-7-3-2-4-8-19/h2-4,7-12,21H,5-6,13-16H2,1H3,(H,23,26)(H,24,27)/t21-/m0/s1. The zero-order chi connectivity index (χ0) is 19.1. The SMILES string of the molecule is CC(=O)NCc1ccc(C(=O)NC[C@@H](c2ccccc2)N2CCCC2)cc1. The highest BCUT2D eigenvalue weighted by atomic mass is 16.2. The molecule has 0 saturated carbocycles. The van der Waals surface area contributed by atoms with Crippen molar-refractivity contribution in [2.24, 2.45) is 0 Å². The molecule has 1 heterocycles. The molecule has 2 aromatic carbocycles. The summed E-state index contributed by atoms with van der Waals surface area (Å²) in [4.78, 5) is 26.0. The van der Waals surface area contributed by atoms with Gasteiger partial charge < -0.3 is 10.6 Å². The minimum Gasteiger partial charge on any atom is -0.352 e. The average Bonchev–Trinajstić information content (AvgIpc) is 3.22. The van der Waals surface area contributed by atoms with E-state index in [1.165, 1.54) is 25.3 Å². The number of nitrogens with zero attached hydrogens (tertiary/aromatic N) is 1. The van der Waals surface area contributed by atoms with E-state index in [0.717, 1.165) is 18.7 Å². The molecule has 2 N–H and O–H groups in total. The third-order valence-electron chi connectivity index (χ3n) is 4.98. The van der Waals surface area contributed by atoms with Crippen molar-refractivity contribution in [1.29, 1.82) is 0 Å². The van der Waals surface area contributed by atoms with Crippen molar-refractivity contribution >= 4 is 11.8 Å². The molecule has 1 fully saturated rings. The summed E-state index contributed by atoms with van der Waals surface area (Å²) in [5.41, 5.74) is 2.85. The fourth-order valence-corrected chi connectivity index (χ4v) is 3.48. The molecule has 1 saturated heterocycles. The third-order valence-corrected chi connectivity index (χ3v) is 4.98. The van der Waals surface area contributed by atoms with Crippen LogP contribution in [0.1, 0.15) is 47.3 Å². The van der Waals surface area contributed by atoms with Gasteiger partial charge in [0.1, 0.15) is 0 Å². The first-order chi connectivity index (χ1) is 13.1. The monoisotopic (exact) mass is 365 g/mol. The highest BCUT2D eigenvalue weighted by molar-refractivity contribution is 5.94. The largest absolute Gasteiger partial charge is 0.352 e. The Bertz CT molecular complexity index is 753. The predicted molar refractivity (Wildman–Crippen MR) is 106 cm³/mol. The number of nitrogens with one attached hydrogen (secondary N) is 2. The van der Waals surface area contributed by atoms with Gasteiger partial charge in [0, 0.05) is 25.6 Å². The Morgan fingerprint density at radius 3 is 2.26 bits per heavy atom. The molecule has 2 aromatic rings.